The molecule has 1 aromatic rings. The van der Waals surface area contributed by atoms with Crippen LogP contribution in [0, 0.1) is 18.8 Å². The number of nitrogens with zero attached hydrogens (tertiary/aromatic N) is 4. The van der Waals surface area contributed by atoms with E-state index >= 15 is 0 Å². The van der Waals surface area contributed by atoms with Crippen molar-refractivity contribution in [2.45, 2.75) is 71.5 Å². The van der Waals surface area contributed by atoms with Crippen LogP contribution < -0.4 is 0 Å². The van der Waals surface area contributed by atoms with Crippen molar-refractivity contribution in [2.24, 2.45) is 11.8 Å². The predicted molar refractivity (Wildman–Crippen MR) is 87.1 cm³/mol. The first-order valence-electron chi connectivity index (χ1n) is 8.89. The van der Waals surface area contributed by atoms with Crippen LogP contribution in [-0.4, -0.2) is 42.7 Å². The molecule has 0 saturated heterocycles. The normalized spacial score (nSPS) is 22.9. The Hall–Kier alpha value is -1.92. The molecule has 1 aliphatic heterocycles. The van der Waals surface area contributed by atoms with Crippen LogP contribution >= 0.6 is 0 Å². The molecule has 0 bridgehead atoms. The fraction of sp³-hybridized carbons (Fsp3) is 0.765. The summed E-state index contributed by atoms with van der Waals surface area (Å²) in [6, 6.07) is -0.839. The highest BCUT2D eigenvalue weighted by Crippen LogP contribution is 2.30. The third kappa shape index (κ3) is 3.30. The second-order valence-electron chi connectivity index (χ2n) is 7.24. The molecule has 0 spiro atoms. The second-order valence-corrected chi connectivity index (χ2v) is 7.24. The molecule has 132 valence electrons. The van der Waals surface area contributed by atoms with E-state index in [1.807, 2.05) is 6.92 Å². The minimum atomic E-state index is -0.966. The van der Waals surface area contributed by atoms with Gasteiger partial charge in [-0.05, 0) is 19.3 Å². The lowest BCUT2D eigenvalue weighted by Crippen LogP contribution is -2.52. The quantitative estimate of drug-likeness (QED) is 0.909. The van der Waals surface area contributed by atoms with Crippen LogP contribution in [0.15, 0.2) is 0 Å². The molecule has 1 saturated carbocycles. The number of fused-ring (bicyclic) bond motifs is 1. The summed E-state index contributed by atoms with van der Waals surface area (Å²) < 4.78 is 1.80. The molecule has 3 rings (SSSR count). The monoisotopic (exact) mass is 334 g/mol. The summed E-state index contributed by atoms with van der Waals surface area (Å²) in [5.74, 6) is 0.774. The predicted octanol–water partition coefficient (Wildman–Crippen LogP) is 1.99. The Morgan fingerprint density at radius 2 is 1.96 bits per heavy atom. The molecule has 2 atom stereocenters. The van der Waals surface area contributed by atoms with Gasteiger partial charge < -0.3 is 14.6 Å². The van der Waals surface area contributed by atoms with Gasteiger partial charge in [-0.15, -0.1) is 10.2 Å². The zero-order chi connectivity index (χ0) is 17.3. The van der Waals surface area contributed by atoms with Crippen molar-refractivity contribution in [3.8, 4) is 0 Å². The van der Waals surface area contributed by atoms with E-state index in [2.05, 4.69) is 10.2 Å². The van der Waals surface area contributed by atoms with Crippen molar-refractivity contribution in [1.82, 2.24) is 19.7 Å². The van der Waals surface area contributed by atoms with Gasteiger partial charge in [0.05, 0.1) is 13.1 Å². The van der Waals surface area contributed by atoms with Gasteiger partial charge in [0.25, 0.3) is 0 Å². The van der Waals surface area contributed by atoms with E-state index in [9.17, 15) is 14.7 Å². The first-order chi connectivity index (χ1) is 11.5. The van der Waals surface area contributed by atoms with E-state index in [4.69, 9.17) is 0 Å². The Bertz CT molecular complexity index is 621. The largest absolute Gasteiger partial charge is 0.480 e. The highest BCUT2D eigenvalue weighted by Gasteiger charge is 2.38. The number of hydrogen-bond donors (Lipinski definition) is 1. The van der Waals surface area contributed by atoms with Crippen LogP contribution in [-0.2, 0) is 22.7 Å². The summed E-state index contributed by atoms with van der Waals surface area (Å²) in [7, 11) is 0. The number of amides is 1. The average Bonchev–Trinajstić information content (AvgIpc) is 2.94. The van der Waals surface area contributed by atoms with Gasteiger partial charge in [0.1, 0.15) is 11.9 Å². The Morgan fingerprint density at radius 1 is 1.25 bits per heavy atom. The summed E-state index contributed by atoms with van der Waals surface area (Å²) in [4.78, 5) is 26.1. The molecule has 7 heteroatoms. The van der Waals surface area contributed by atoms with Gasteiger partial charge in [-0.25, -0.2) is 4.79 Å². The lowest BCUT2D eigenvalue weighted by molar-refractivity contribution is -0.154. The first-order valence-corrected chi connectivity index (χ1v) is 8.89. The fourth-order valence-electron chi connectivity index (χ4n) is 4.06. The zero-order valence-electron chi connectivity index (χ0n) is 14.4. The van der Waals surface area contributed by atoms with Crippen LogP contribution in [0.4, 0.5) is 0 Å². The van der Waals surface area contributed by atoms with Crippen molar-refractivity contribution in [3.63, 3.8) is 0 Å². The highest BCUT2D eigenvalue weighted by atomic mass is 16.4. The topological polar surface area (TPSA) is 88.3 Å². The van der Waals surface area contributed by atoms with E-state index < -0.39 is 12.0 Å². The molecule has 0 radical (unpaired) electrons. The van der Waals surface area contributed by atoms with E-state index in [-0.39, 0.29) is 24.9 Å². The molecular weight excluding hydrogens is 308 g/mol. The molecule has 2 heterocycles. The summed E-state index contributed by atoms with van der Waals surface area (Å²) in [5.41, 5.74) is 0. The van der Waals surface area contributed by atoms with Crippen LogP contribution in [0.1, 0.15) is 57.1 Å². The SMILES string of the molecule is Cc1nnc2n1CC(C(=O)O)N(C(=O)C(C)CC1CCCCC1)C2. The molecule has 24 heavy (non-hydrogen) atoms. The lowest BCUT2D eigenvalue weighted by Gasteiger charge is -2.36. The lowest BCUT2D eigenvalue weighted by atomic mass is 9.83. The number of carbonyl (C=O) groups is 2. The van der Waals surface area contributed by atoms with Crippen molar-refractivity contribution in [2.75, 3.05) is 0 Å². The maximum atomic E-state index is 12.9. The highest BCUT2D eigenvalue weighted by molar-refractivity contribution is 5.85. The maximum absolute atomic E-state index is 12.9. The van der Waals surface area contributed by atoms with E-state index in [0.717, 1.165) is 6.42 Å². The Kier molecular flexibility index (Phi) is 4.87. The number of carboxylic acids is 1. The number of carboxylic acid groups (broad SMARTS) is 1. The molecule has 1 fully saturated rings. The summed E-state index contributed by atoms with van der Waals surface area (Å²) in [6.07, 6.45) is 7.01. The van der Waals surface area contributed by atoms with Gasteiger partial charge >= 0.3 is 5.97 Å². The maximum Gasteiger partial charge on any atom is 0.328 e. The third-order valence-corrected chi connectivity index (χ3v) is 5.46. The zero-order valence-corrected chi connectivity index (χ0v) is 14.4. The van der Waals surface area contributed by atoms with Crippen molar-refractivity contribution in [3.05, 3.63) is 11.6 Å². The van der Waals surface area contributed by atoms with Gasteiger partial charge in [0.2, 0.25) is 5.91 Å². The summed E-state index contributed by atoms with van der Waals surface area (Å²) in [5, 5.41) is 17.7. The standard InChI is InChI=1S/C17H26N4O3/c1-11(8-13-6-4-3-5-7-13)16(22)21-10-15-19-18-12(2)20(15)9-14(21)17(23)24/h11,13-14H,3-10H2,1-2H3,(H,23,24). The van der Waals surface area contributed by atoms with Crippen LogP contribution in [0.2, 0.25) is 0 Å². The smallest absolute Gasteiger partial charge is 0.328 e. The minimum Gasteiger partial charge on any atom is -0.480 e. The molecule has 1 aliphatic carbocycles. The van der Waals surface area contributed by atoms with E-state index in [0.29, 0.717) is 17.6 Å². The first kappa shape index (κ1) is 16.9. The van der Waals surface area contributed by atoms with Crippen molar-refractivity contribution < 1.29 is 14.7 Å². The Labute approximate surface area is 142 Å². The number of hydrogen-bond acceptors (Lipinski definition) is 4. The molecule has 2 aliphatic rings. The summed E-state index contributed by atoms with van der Waals surface area (Å²) >= 11 is 0. The number of carbonyl (C=O) groups excluding carboxylic acids is 1. The average molecular weight is 334 g/mol. The molecule has 1 N–H and O–H groups in total. The summed E-state index contributed by atoms with van der Waals surface area (Å²) in [6.45, 7) is 4.19. The van der Waals surface area contributed by atoms with Gasteiger partial charge in [0.15, 0.2) is 5.82 Å². The molecule has 0 aromatic carbocycles. The van der Waals surface area contributed by atoms with Gasteiger partial charge in [-0.1, -0.05) is 39.0 Å². The third-order valence-electron chi connectivity index (χ3n) is 5.46. The molecular formula is C17H26N4O3. The molecule has 7 nitrogen and oxygen atoms in total. The Morgan fingerprint density at radius 3 is 2.62 bits per heavy atom. The van der Waals surface area contributed by atoms with Crippen molar-refractivity contribution >= 4 is 11.9 Å². The van der Waals surface area contributed by atoms with Crippen molar-refractivity contribution in [1.29, 1.82) is 0 Å². The number of aliphatic carboxylic acids is 1. The van der Waals surface area contributed by atoms with Gasteiger partial charge in [-0.3, -0.25) is 4.79 Å². The van der Waals surface area contributed by atoms with Gasteiger partial charge in [-0.2, -0.15) is 0 Å². The second kappa shape index (κ2) is 6.91. The molecule has 2 unspecified atom stereocenters. The number of rotatable bonds is 4. The number of aryl methyl sites for hydroxylation is 1. The minimum absolute atomic E-state index is 0.0696. The van der Waals surface area contributed by atoms with E-state index in [1.165, 1.54) is 37.0 Å². The van der Waals surface area contributed by atoms with Crippen LogP contribution in [0.5, 0.6) is 0 Å². The Balaban J connectivity index is 1.73. The van der Waals surface area contributed by atoms with Crippen LogP contribution in [0.25, 0.3) is 0 Å². The number of aromatic nitrogens is 3. The fourth-order valence-corrected chi connectivity index (χ4v) is 4.06. The molecule has 1 aromatic heterocycles. The van der Waals surface area contributed by atoms with Crippen LogP contribution in [0.3, 0.4) is 0 Å². The van der Waals surface area contributed by atoms with E-state index in [1.54, 1.807) is 11.5 Å². The van der Waals surface area contributed by atoms with Gasteiger partial charge in [0, 0.05) is 5.92 Å². The molecule has 1 amide bonds.